The van der Waals surface area contributed by atoms with E-state index in [1.807, 2.05) is 13.8 Å². The normalized spacial score (nSPS) is 23.6. The Balaban J connectivity index is 1.92. The van der Waals surface area contributed by atoms with Crippen LogP contribution >= 0.6 is 23.2 Å². The lowest BCUT2D eigenvalue weighted by Gasteiger charge is -2.34. The summed E-state index contributed by atoms with van der Waals surface area (Å²) in [6, 6.07) is 5.01. The molecule has 0 spiro atoms. The zero-order valence-corrected chi connectivity index (χ0v) is 13.0. The fraction of sp³-hybridized carbons (Fsp3) is 0.500. The maximum Gasteiger partial charge on any atom is 0.238 e. The molecule has 0 bridgehead atoms. The number of hydrogen-bond acceptors (Lipinski definition) is 3. The van der Waals surface area contributed by atoms with Crippen molar-refractivity contribution in [3.63, 3.8) is 0 Å². The molecule has 2 rings (SSSR count). The number of halogens is 2. The van der Waals surface area contributed by atoms with Gasteiger partial charge in [0.2, 0.25) is 5.91 Å². The largest absolute Gasteiger partial charge is 0.373 e. The van der Waals surface area contributed by atoms with Crippen LogP contribution in [0.2, 0.25) is 10.0 Å². The smallest absolute Gasteiger partial charge is 0.238 e. The molecule has 20 heavy (non-hydrogen) atoms. The summed E-state index contributed by atoms with van der Waals surface area (Å²) < 4.78 is 5.64. The molecule has 2 unspecified atom stereocenters. The Morgan fingerprint density at radius 1 is 1.35 bits per heavy atom. The van der Waals surface area contributed by atoms with Crippen LogP contribution < -0.4 is 5.32 Å². The summed E-state index contributed by atoms with van der Waals surface area (Å²) in [6.07, 6.45) is 0.288. The average molecular weight is 317 g/mol. The summed E-state index contributed by atoms with van der Waals surface area (Å²) >= 11 is 11.9. The van der Waals surface area contributed by atoms with Gasteiger partial charge in [-0.05, 0) is 32.0 Å². The van der Waals surface area contributed by atoms with Crippen molar-refractivity contribution < 1.29 is 9.53 Å². The van der Waals surface area contributed by atoms with Crippen LogP contribution in [0, 0.1) is 0 Å². The van der Waals surface area contributed by atoms with Crippen molar-refractivity contribution in [3.05, 3.63) is 28.2 Å². The maximum absolute atomic E-state index is 12.0. The molecule has 2 atom stereocenters. The van der Waals surface area contributed by atoms with Gasteiger partial charge in [-0.2, -0.15) is 0 Å². The van der Waals surface area contributed by atoms with Crippen molar-refractivity contribution in [1.82, 2.24) is 4.90 Å². The molecule has 110 valence electrons. The zero-order valence-electron chi connectivity index (χ0n) is 11.5. The lowest BCUT2D eigenvalue weighted by atomic mass is 10.2. The van der Waals surface area contributed by atoms with E-state index in [1.165, 1.54) is 0 Å². The number of anilines is 1. The number of nitrogens with zero attached hydrogens (tertiary/aromatic N) is 1. The topological polar surface area (TPSA) is 41.6 Å². The van der Waals surface area contributed by atoms with Crippen LogP contribution in [0.1, 0.15) is 13.8 Å². The minimum Gasteiger partial charge on any atom is -0.373 e. The van der Waals surface area contributed by atoms with Crippen molar-refractivity contribution in [2.75, 3.05) is 25.0 Å². The van der Waals surface area contributed by atoms with Crippen molar-refractivity contribution >= 4 is 34.8 Å². The first-order chi connectivity index (χ1) is 9.44. The van der Waals surface area contributed by atoms with Crippen LogP contribution in [0.4, 0.5) is 5.69 Å². The number of amides is 1. The van der Waals surface area contributed by atoms with E-state index in [2.05, 4.69) is 10.2 Å². The van der Waals surface area contributed by atoms with Crippen LogP contribution in [0.5, 0.6) is 0 Å². The van der Waals surface area contributed by atoms with Gasteiger partial charge in [0.15, 0.2) is 0 Å². The molecular formula is C14H18Cl2N2O2. The van der Waals surface area contributed by atoms with Crippen molar-refractivity contribution in [3.8, 4) is 0 Å². The van der Waals surface area contributed by atoms with E-state index in [4.69, 9.17) is 27.9 Å². The third-order valence-corrected chi connectivity index (χ3v) is 3.62. The summed E-state index contributed by atoms with van der Waals surface area (Å²) in [5, 5.41) is 3.79. The lowest BCUT2D eigenvalue weighted by molar-refractivity contribution is -0.121. The second kappa shape index (κ2) is 6.76. The van der Waals surface area contributed by atoms with Gasteiger partial charge in [0, 0.05) is 18.1 Å². The molecule has 1 saturated heterocycles. The molecule has 0 aliphatic carbocycles. The second-order valence-electron chi connectivity index (χ2n) is 5.12. The van der Waals surface area contributed by atoms with Gasteiger partial charge in [-0.25, -0.2) is 0 Å². The Morgan fingerprint density at radius 2 is 2.00 bits per heavy atom. The van der Waals surface area contributed by atoms with Gasteiger partial charge in [-0.15, -0.1) is 0 Å². The Morgan fingerprint density at radius 3 is 2.60 bits per heavy atom. The monoisotopic (exact) mass is 316 g/mol. The van der Waals surface area contributed by atoms with E-state index in [0.717, 1.165) is 13.1 Å². The van der Waals surface area contributed by atoms with Gasteiger partial charge in [-0.1, -0.05) is 23.2 Å². The number of hydrogen-bond donors (Lipinski definition) is 1. The number of carbonyl (C=O) groups excluding carboxylic acids is 1. The Bertz CT molecular complexity index is 486. The predicted molar refractivity (Wildman–Crippen MR) is 81.5 cm³/mol. The highest BCUT2D eigenvalue weighted by molar-refractivity contribution is 6.36. The zero-order chi connectivity index (χ0) is 14.7. The van der Waals surface area contributed by atoms with Crippen molar-refractivity contribution in [1.29, 1.82) is 0 Å². The quantitative estimate of drug-likeness (QED) is 0.932. The van der Waals surface area contributed by atoms with Gasteiger partial charge in [-0.3, -0.25) is 9.69 Å². The fourth-order valence-electron chi connectivity index (χ4n) is 2.40. The van der Waals surface area contributed by atoms with E-state index < -0.39 is 0 Å². The van der Waals surface area contributed by atoms with E-state index in [9.17, 15) is 4.79 Å². The number of ether oxygens (including phenoxy) is 1. The summed E-state index contributed by atoms with van der Waals surface area (Å²) in [4.78, 5) is 14.1. The van der Waals surface area contributed by atoms with Gasteiger partial charge in [0.1, 0.15) is 0 Å². The molecule has 1 aliphatic rings. The van der Waals surface area contributed by atoms with Gasteiger partial charge in [0.05, 0.1) is 29.5 Å². The number of carbonyl (C=O) groups is 1. The molecule has 1 aliphatic heterocycles. The third kappa shape index (κ3) is 4.35. The molecular weight excluding hydrogens is 299 g/mol. The fourth-order valence-corrected chi connectivity index (χ4v) is 2.85. The first-order valence-corrected chi connectivity index (χ1v) is 7.32. The molecule has 1 aromatic carbocycles. The van der Waals surface area contributed by atoms with Crippen LogP contribution in [-0.2, 0) is 9.53 Å². The highest BCUT2D eigenvalue weighted by Crippen LogP contribution is 2.25. The third-order valence-electron chi connectivity index (χ3n) is 3.07. The predicted octanol–water partition coefficient (Wildman–Crippen LogP) is 3.04. The molecule has 0 radical (unpaired) electrons. The molecule has 0 aromatic heterocycles. The molecule has 1 N–H and O–H groups in total. The van der Waals surface area contributed by atoms with Crippen LogP contribution in [0.3, 0.4) is 0 Å². The Kier molecular flexibility index (Phi) is 5.27. The van der Waals surface area contributed by atoms with Gasteiger partial charge in [0.25, 0.3) is 0 Å². The van der Waals surface area contributed by atoms with Crippen LogP contribution in [0.25, 0.3) is 0 Å². The Labute approximate surface area is 129 Å². The molecule has 1 fully saturated rings. The number of morpholine rings is 1. The Hall–Kier alpha value is -0.810. The lowest BCUT2D eigenvalue weighted by Crippen LogP contribution is -2.48. The highest BCUT2D eigenvalue weighted by atomic mass is 35.5. The molecule has 1 aromatic rings. The summed E-state index contributed by atoms with van der Waals surface area (Å²) in [5.41, 5.74) is 0.579. The minimum atomic E-state index is -0.0875. The van der Waals surface area contributed by atoms with E-state index in [-0.39, 0.29) is 18.1 Å². The van der Waals surface area contributed by atoms with E-state index in [1.54, 1.807) is 18.2 Å². The van der Waals surface area contributed by atoms with E-state index in [0.29, 0.717) is 22.3 Å². The SMILES string of the molecule is CC1CN(CC(=O)Nc2ccc(Cl)cc2Cl)CC(C)O1. The van der Waals surface area contributed by atoms with Crippen LogP contribution in [-0.4, -0.2) is 42.6 Å². The first kappa shape index (κ1) is 15.6. The van der Waals surface area contributed by atoms with Crippen molar-refractivity contribution in [2.45, 2.75) is 26.1 Å². The minimum absolute atomic E-state index is 0.0875. The van der Waals surface area contributed by atoms with Crippen molar-refractivity contribution in [2.24, 2.45) is 0 Å². The first-order valence-electron chi connectivity index (χ1n) is 6.56. The molecule has 0 saturated carbocycles. The summed E-state index contributed by atoms with van der Waals surface area (Å²) in [5.74, 6) is -0.0875. The van der Waals surface area contributed by atoms with Crippen LogP contribution in [0.15, 0.2) is 18.2 Å². The average Bonchev–Trinajstić information content (AvgIpc) is 2.31. The number of nitrogens with one attached hydrogen (secondary N) is 1. The molecule has 1 heterocycles. The number of rotatable bonds is 3. The molecule has 4 nitrogen and oxygen atoms in total. The molecule has 6 heteroatoms. The summed E-state index contributed by atoms with van der Waals surface area (Å²) in [7, 11) is 0. The maximum atomic E-state index is 12.0. The second-order valence-corrected chi connectivity index (χ2v) is 5.97. The van der Waals surface area contributed by atoms with Gasteiger partial charge < -0.3 is 10.1 Å². The highest BCUT2D eigenvalue weighted by Gasteiger charge is 2.23. The number of benzene rings is 1. The summed E-state index contributed by atoms with van der Waals surface area (Å²) in [6.45, 7) is 5.86. The molecule has 1 amide bonds. The van der Waals surface area contributed by atoms with Gasteiger partial charge >= 0.3 is 0 Å². The van der Waals surface area contributed by atoms with E-state index >= 15 is 0 Å². The standard InChI is InChI=1S/C14H18Cl2N2O2/c1-9-6-18(7-10(2)20-9)8-14(19)17-13-4-3-11(15)5-12(13)16/h3-5,9-10H,6-8H2,1-2H3,(H,17,19).